The Hall–Kier alpha value is -1.71. The second-order valence-electron chi connectivity index (χ2n) is 7.71. The van der Waals surface area contributed by atoms with Crippen molar-refractivity contribution in [3.8, 4) is 0 Å². The lowest BCUT2D eigenvalue weighted by Crippen LogP contribution is -2.43. The van der Waals surface area contributed by atoms with Gasteiger partial charge in [-0.1, -0.05) is 36.4 Å². The molecule has 0 spiro atoms. The van der Waals surface area contributed by atoms with Crippen LogP contribution in [0.25, 0.3) is 0 Å². The van der Waals surface area contributed by atoms with E-state index in [1.165, 1.54) is 63.0 Å². The average molecular weight is 335 g/mol. The van der Waals surface area contributed by atoms with Crippen LogP contribution in [-0.4, -0.2) is 47.0 Å². The molecule has 2 saturated heterocycles. The maximum Gasteiger partial charge on any atom is 0.0299 e. The van der Waals surface area contributed by atoms with Gasteiger partial charge in [-0.05, 0) is 68.4 Å². The molecule has 0 saturated carbocycles. The Labute approximate surface area is 151 Å². The van der Waals surface area contributed by atoms with Crippen molar-refractivity contribution < 1.29 is 0 Å². The van der Waals surface area contributed by atoms with Crippen LogP contribution in [0.1, 0.15) is 30.4 Å². The Morgan fingerprint density at radius 3 is 2.44 bits per heavy atom. The second kappa shape index (κ2) is 8.11. The van der Waals surface area contributed by atoms with Crippen LogP contribution >= 0.6 is 0 Å². The lowest BCUT2D eigenvalue weighted by atomic mass is 9.99. The number of aromatic nitrogens is 1. The molecule has 3 nitrogen and oxygen atoms in total. The van der Waals surface area contributed by atoms with Crippen molar-refractivity contribution in [1.29, 1.82) is 0 Å². The first-order valence-corrected chi connectivity index (χ1v) is 9.76. The molecule has 132 valence electrons. The van der Waals surface area contributed by atoms with E-state index in [2.05, 4.69) is 57.2 Å². The molecule has 1 aromatic carbocycles. The number of likely N-dealkylation sites (tertiary alicyclic amines) is 2. The van der Waals surface area contributed by atoms with Crippen molar-refractivity contribution >= 4 is 0 Å². The second-order valence-corrected chi connectivity index (χ2v) is 7.71. The van der Waals surface area contributed by atoms with Gasteiger partial charge < -0.3 is 0 Å². The first-order chi connectivity index (χ1) is 12.4. The lowest BCUT2D eigenvalue weighted by molar-refractivity contribution is 0.120. The summed E-state index contributed by atoms with van der Waals surface area (Å²) in [6.07, 6.45) is 9.09. The maximum atomic E-state index is 4.26. The largest absolute Gasteiger partial charge is 0.300 e. The maximum absolute atomic E-state index is 4.26. The highest BCUT2D eigenvalue weighted by atomic mass is 15.2. The normalized spacial score (nSPS) is 23.1. The van der Waals surface area contributed by atoms with E-state index in [-0.39, 0.29) is 0 Å². The van der Waals surface area contributed by atoms with E-state index in [1.54, 1.807) is 0 Å². The van der Waals surface area contributed by atoms with Gasteiger partial charge in [-0.25, -0.2) is 0 Å². The van der Waals surface area contributed by atoms with Gasteiger partial charge in [0.15, 0.2) is 0 Å². The van der Waals surface area contributed by atoms with Gasteiger partial charge in [0.2, 0.25) is 0 Å². The number of hydrogen-bond acceptors (Lipinski definition) is 3. The van der Waals surface area contributed by atoms with Crippen LogP contribution in [0.15, 0.2) is 54.9 Å². The van der Waals surface area contributed by atoms with Gasteiger partial charge in [-0.15, -0.1) is 0 Å². The van der Waals surface area contributed by atoms with Gasteiger partial charge in [-0.2, -0.15) is 0 Å². The molecular formula is C22H29N3. The molecule has 1 aromatic heterocycles. The number of hydrogen-bond donors (Lipinski definition) is 0. The fourth-order valence-electron chi connectivity index (χ4n) is 4.50. The molecule has 1 atom stereocenters. The van der Waals surface area contributed by atoms with Gasteiger partial charge in [0.05, 0.1) is 0 Å². The summed E-state index contributed by atoms with van der Waals surface area (Å²) in [6, 6.07) is 16.0. The Bertz CT molecular complexity index is 635. The zero-order valence-corrected chi connectivity index (χ0v) is 15.1. The van der Waals surface area contributed by atoms with Crippen molar-refractivity contribution in [3.63, 3.8) is 0 Å². The fourth-order valence-corrected chi connectivity index (χ4v) is 4.50. The van der Waals surface area contributed by atoms with Gasteiger partial charge in [0.25, 0.3) is 0 Å². The number of rotatable bonds is 5. The Balaban J connectivity index is 1.23. The highest BCUT2D eigenvalue weighted by molar-refractivity contribution is 5.14. The van der Waals surface area contributed by atoms with E-state index in [9.17, 15) is 0 Å². The number of nitrogens with zero attached hydrogens (tertiary/aromatic N) is 3. The summed E-state index contributed by atoms with van der Waals surface area (Å²) >= 11 is 0. The van der Waals surface area contributed by atoms with E-state index < -0.39 is 0 Å². The molecule has 25 heavy (non-hydrogen) atoms. The summed E-state index contributed by atoms with van der Waals surface area (Å²) in [5.41, 5.74) is 2.84. The van der Waals surface area contributed by atoms with E-state index in [0.717, 1.165) is 18.5 Å². The summed E-state index contributed by atoms with van der Waals surface area (Å²) in [6.45, 7) is 6.15. The SMILES string of the molecule is c1ccc(CN2CCC(N3CCC(Cc4cccnc4)C3)CC2)cc1. The van der Waals surface area contributed by atoms with Crippen molar-refractivity contribution in [2.45, 2.75) is 38.3 Å². The van der Waals surface area contributed by atoms with E-state index in [1.807, 2.05) is 12.4 Å². The first-order valence-electron chi connectivity index (χ1n) is 9.76. The van der Waals surface area contributed by atoms with Crippen molar-refractivity contribution in [2.24, 2.45) is 5.92 Å². The standard InChI is InChI=1S/C22H29N3/c1-2-5-19(6-3-1)17-24-12-9-22(10-13-24)25-14-8-21(18-25)15-20-7-4-11-23-16-20/h1-7,11,16,21-22H,8-10,12-15,17-18H2. The highest BCUT2D eigenvalue weighted by Gasteiger charge is 2.30. The summed E-state index contributed by atoms with van der Waals surface area (Å²) in [5.74, 6) is 0.812. The molecule has 0 N–H and O–H groups in total. The molecule has 2 aromatic rings. The molecule has 4 rings (SSSR count). The highest BCUT2D eigenvalue weighted by Crippen LogP contribution is 2.27. The Kier molecular flexibility index (Phi) is 5.43. The Morgan fingerprint density at radius 2 is 1.68 bits per heavy atom. The molecule has 0 aliphatic carbocycles. The summed E-state index contributed by atoms with van der Waals surface area (Å²) in [5, 5.41) is 0. The molecule has 0 bridgehead atoms. The van der Waals surface area contributed by atoms with E-state index >= 15 is 0 Å². The number of piperidine rings is 1. The van der Waals surface area contributed by atoms with Crippen LogP contribution in [0.2, 0.25) is 0 Å². The van der Waals surface area contributed by atoms with Crippen LogP contribution in [0.4, 0.5) is 0 Å². The van der Waals surface area contributed by atoms with Gasteiger partial charge in [0.1, 0.15) is 0 Å². The molecule has 2 fully saturated rings. The third kappa shape index (κ3) is 4.47. The Morgan fingerprint density at radius 1 is 0.880 bits per heavy atom. The number of pyridine rings is 1. The monoisotopic (exact) mass is 335 g/mol. The predicted molar refractivity (Wildman–Crippen MR) is 102 cm³/mol. The summed E-state index contributed by atoms with van der Waals surface area (Å²) in [7, 11) is 0. The summed E-state index contributed by atoms with van der Waals surface area (Å²) < 4.78 is 0. The number of benzene rings is 1. The molecule has 0 amide bonds. The average Bonchev–Trinajstić information content (AvgIpc) is 3.12. The molecule has 3 heteroatoms. The summed E-state index contributed by atoms with van der Waals surface area (Å²) in [4.78, 5) is 9.64. The van der Waals surface area contributed by atoms with Crippen molar-refractivity contribution in [1.82, 2.24) is 14.8 Å². The van der Waals surface area contributed by atoms with Crippen LogP contribution in [0.3, 0.4) is 0 Å². The van der Waals surface area contributed by atoms with Gasteiger partial charge in [0, 0.05) is 31.5 Å². The van der Waals surface area contributed by atoms with Crippen molar-refractivity contribution in [3.05, 3.63) is 66.0 Å². The third-order valence-corrected chi connectivity index (χ3v) is 5.89. The predicted octanol–water partition coefficient (Wildman–Crippen LogP) is 3.61. The lowest BCUT2D eigenvalue weighted by Gasteiger charge is -2.37. The van der Waals surface area contributed by atoms with Gasteiger partial charge >= 0.3 is 0 Å². The fraction of sp³-hybridized carbons (Fsp3) is 0.500. The van der Waals surface area contributed by atoms with Crippen LogP contribution < -0.4 is 0 Å². The zero-order chi connectivity index (χ0) is 16.9. The smallest absolute Gasteiger partial charge is 0.0299 e. The molecule has 2 aliphatic heterocycles. The van der Waals surface area contributed by atoms with Crippen LogP contribution in [-0.2, 0) is 13.0 Å². The van der Waals surface area contributed by atoms with E-state index in [0.29, 0.717) is 0 Å². The van der Waals surface area contributed by atoms with Gasteiger partial charge in [-0.3, -0.25) is 14.8 Å². The third-order valence-electron chi connectivity index (χ3n) is 5.89. The molecule has 2 aliphatic rings. The molecule has 0 radical (unpaired) electrons. The quantitative estimate of drug-likeness (QED) is 0.832. The molecule has 3 heterocycles. The topological polar surface area (TPSA) is 19.4 Å². The van der Waals surface area contributed by atoms with Crippen LogP contribution in [0.5, 0.6) is 0 Å². The van der Waals surface area contributed by atoms with Crippen molar-refractivity contribution in [2.75, 3.05) is 26.2 Å². The minimum absolute atomic E-state index is 0.797. The molecular weight excluding hydrogens is 306 g/mol. The first kappa shape index (κ1) is 16.7. The minimum atomic E-state index is 0.797. The van der Waals surface area contributed by atoms with Crippen LogP contribution in [0, 0.1) is 5.92 Å². The minimum Gasteiger partial charge on any atom is -0.300 e. The zero-order valence-electron chi connectivity index (χ0n) is 15.1. The molecule has 1 unspecified atom stereocenters. The van der Waals surface area contributed by atoms with E-state index in [4.69, 9.17) is 0 Å².